The number of esters is 1. The molecule has 2 rings (SSSR count). The number of carbonyl (C=O) groups excluding carboxylic acids is 2. The average molecular weight is 375 g/mol. The number of methoxy groups -OCH3 is 2. The minimum absolute atomic E-state index is 0.0510. The fraction of sp³-hybridized carbons (Fsp3) is 0.333. The van der Waals surface area contributed by atoms with Crippen molar-refractivity contribution in [3.63, 3.8) is 0 Å². The van der Waals surface area contributed by atoms with E-state index >= 15 is 0 Å². The van der Waals surface area contributed by atoms with E-state index in [4.69, 9.17) is 18.9 Å². The zero-order valence-corrected chi connectivity index (χ0v) is 15.5. The highest BCUT2D eigenvalue weighted by atomic mass is 16.5. The molecule has 1 unspecified atom stereocenters. The molecule has 0 saturated carbocycles. The highest BCUT2D eigenvalue weighted by Crippen LogP contribution is 2.26. The van der Waals surface area contributed by atoms with E-state index in [9.17, 15) is 9.59 Å². The normalized spacial score (nSPS) is 11.3. The SMILES string of the molecule is CCOC(=O)C(C)NC(=O)c1ccccc1Oc1nc(OC)cc(OC)n1. The van der Waals surface area contributed by atoms with Crippen molar-refractivity contribution in [2.24, 2.45) is 0 Å². The van der Waals surface area contributed by atoms with E-state index in [1.807, 2.05) is 0 Å². The Hall–Kier alpha value is -3.36. The largest absolute Gasteiger partial charge is 0.481 e. The van der Waals surface area contributed by atoms with Gasteiger partial charge in [-0.15, -0.1) is 0 Å². The Labute approximate surface area is 156 Å². The second kappa shape index (κ2) is 9.37. The van der Waals surface area contributed by atoms with Gasteiger partial charge in [0.25, 0.3) is 5.91 Å². The second-order valence-corrected chi connectivity index (χ2v) is 5.28. The van der Waals surface area contributed by atoms with Gasteiger partial charge in [0, 0.05) is 0 Å². The summed E-state index contributed by atoms with van der Waals surface area (Å²) in [4.78, 5) is 32.4. The van der Waals surface area contributed by atoms with E-state index in [0.29, 0.717) is 0 Å². The second-order valence-electron chi connectivity index (χ2n) is 5.28. The van der Waals surface area contributed by atoms with Gasteiger partial charge in [-0.3, -0.25) is 4.79 Å². The fourth-order valence-corrected chi connectivity index (χ4v) is 2.08. The lowest BCUT2D eigenvalue weighted by Gasteiger charge is -2.14. The summed E-state index contributed by atoms with van der Waals surface area (Å²) < 4.78 is 20.7. The van der Waals surface area contributed by atoms with Crippen LogP contribution in [0, 0.1) is 0 Å². The van der Waals surface area contributed by atoms with Gasteiger partial charge in [0.1, 0.15) is 11.8 Å². The first-order chi connectivity index (χ1) is 13.0. The lowest BCUT2D eigenvalue weighted by molar-refractivity contribution is -0.144. The van der Waals surface area contributed by atoms with Crippen molar-refractivity contribution >= 4 is 11.9 Å². The van der Waals surface area contributed by atoms with Crippen LogP contribution in [0.15, 0.2) is 30.3 Å². The maximum absolute atomic E-state index is 12.5. The van der Waals surface area contributed by atoms with Crippen molar-refractivity contribution < 1.29 is 28.5 Å². The smallest absolute Gasteiger partial charge is 0.328 e. The van der Waals surface area contributed by atoms with E-state index in [2.05, 4.69) is 15.3 Å². The van der Waals surface area contributed by atoms with Crippen LogP contribution in [0.1, 0.15) is 24.2 Å². The van der Waals surface area contributed by atoms with E-state index in [-0.39, 0.29) is 35.7 Å². The molecule has 0 saturated heterocycles. The summed E-state index contributed by atoms with van der Waals surface area (Å²) in [7, 11) is 2.90. The van der Waals surface area contributed by atoms with E-state index in [1.165, 1.54) is 27.2 Å². The number of hydrogen-bond acceptors (Lipinski definition) is 8. The molecule has 0 fully saturated rings. The highest BCUT2D eigenvalue weighted by molar-refractivity contribution is 5.99. The minimum atomic E-state index is -0.807. The molecule has 2 aromatic rings. The summed E-state index contributed by atoms with van der Waals surface area (Å²) in [5, 5.41) is 2.57. The summed E-state index contributed by atoms with van der Waals surface area (Å²) in [6, 6.07) is 7.14. The molecule has 1 aromatic carbocycles. The molecule has 0 spiro atoms. The Kier molecular flexibility index (Phi) is 6.93. The molecule has 9 heteroatoms. The number of rotatable bonds is 8. The first-order valence-corrected chi connectivity index (χ1v) is 8.19. The summed E-state index contributed by atoms with van der Waals surface area (Å²) in [6.07, 6.45) is 0. The van der Waals surface area contributed by atoms with Gasteiger partial charge < -0.3 is 24.3 Å². The Morgan fingerprint density at radius 3 is 2.33 bits per heavy atom. The van der Waals surface area contributed by atoms with Crippen LogP contribution in [0.25, 0.3) is 0 Å². The molecule has 0 aliphatic carbocycles. The van der Waals surface area contributed by atoms with Gasteiger partial charge in [-0.05, 0) is 26.0 Å². The summed E-state index contributed by atoms with van der Waals surface area (Å²) in [5.41, 5.74) is 0.207. The first-order valence-electron chi connectivity index (χ1n) is 8.19. The van der Waals surface area contributed by atoms with Crippen molar-refractivity contribution in [1.82, 2.24) is 15.3 Å². The third-order valence-corrected chi connectivity index (χ3v) is 3.40. The summed E-state index contributed by atoms with van der Waals surface area (Å²) in [5.74, 6) is -0.322. The molecule has 0 aliphatic heterocycles. The van der Waals surface area contributed by atoms with Crippen molar-refractivity contribution in [2.75, 3.05) is 20.8 Å². The number of amides is 1. The van der Waals surface area contributed by atoms with Crippen LogP contribution in [-0.4, -0.2) is 48.7 Å². The molecule has 1 heterocycles. The van der Waals surface area contributed by atoms with Crippen LogP contribution in [-0.2, 0) is 9.53 Å². The van der Waals surface area contributed by atoms with Gasteiger partial charge in [-0.2, -0.15) is 9.97 Å². The van der Waals surface area contributed by atoms with Gasteiger partial charge in [-0.1, -0.05) is 12.1 Å². The van der Waals surface area contributed by atoms with Gasteiger partial charge in [-0.25, -0.2) is 4.79 Å². The van der Waals surface area contributed by atoms with E-state index in [1.54, 1.807) is 31.2 Å². The first kappa shape index (κ1) is 20.0. The van der Waals surface area contributed by atoms with Crippen molar-refractivity contribution in [1.29, 1.82) is 0 Å². The number of hydrogen-bond donors (Lipinski definition) is 1. The zero-order valence-electron chi connectivity index (χ0n) is 15.5. The predicted molar refractivity (Wildman–Crippen MR) is 95.2 cm³/mol. The maximum atomic E-state index is 12.5. The number of nitrogens with one attached hydrogen (secondary N) is 1. The molecule has 1 amide bonds. The molecule has 27 heavy (non-hydrogen) atoms. The third kappa shape index (κ3) is 5.30. The van der Waals surface area contributed by atoms with Crippen LogP contribution in [0.5, 0.6) is 23.5 Å². The topological polar surface area (TPSA) is 109 Å². The molecule has 1 N–H and O–H groups in total. The van der Waals surface area contributed by atoms with Crippen LogP contribution >= 0.6 is 0 Å². The van der Waals surface area contributed by atoms with Crippen LogP contribution in [0.2, 0.25) is 0 Å². The van der Waals surface area contributed by atoms with Crippen molar-refractivity contribution in [2.45, 2.75) is 19.9 Å². The lowest BCUT2D eigenvalue weighted by atomic mass is 10.1. The molecule has 0 aliphatic rings. The predicted octanol–water partition coefficient (Wildman–Crippen LogP) is 1.97. The quantitative estimate of drug-likeness (QED) is 0.698. The Morgan fingerprint density at radius 2 is 1.74 bits per heavy atom. The van der Waals surface area contributed by atoms with E-state index < -0.39 is 17.9 Å². The molecule has 1 atom stereocenters. The Morgan fingerprint density at radius 1 is 1.11 bits per heavy atom. The van der Waals surface area contributed by atoms with Crippen LogP contribution in [0.3, 0.4) is 0 Å². The van der Waals surface area contributed by atoms with Crippen molar-refractivity contribution in [3.05, 3.63) is 35.9 Å². The average Bonchev–Trinajstić information content (AvgIpc) is 2.68. The molecule has 144 valence electrons. The summed E-state index contributed by atoms with van der Waals surface area (Å²) >= 11 is 0. The molecule has 9 nitrogen and oxygen atoms in total. The minimum Gasteiger partial charge on any atom is -0.481 e. The van der Waals surface area contributed by atoms with Gasteiger partial charge >= 0.3 is 12.0 Å². The van der Waals surface area contributed by atoms with Gasteiger partial charge in [0.2, 0.25) is 11.8 Å². The molecular formula is C18H21N3O6. The maximum Gasteiger partial charge on any atom is 0.328 e. The Balaban J connectivity index is 2.23. The number of para-hydroxylation sites is 1. The van der Waals surface area contributed by atoms with Crippen molar-refractivity contribution in [3.8, 4) is 23.5 Å². The molecule has 0 bridgehead atoms. The number of aromatic nitrogens is 2. The van der Waals surface area contributed by atoms with Crippen LogP contribution < -0.4 is 19.5 Å². The zero-order chi connectivity index (χ0) is 19.8. The number of ether oxygens (including phenoxy) is 4. The molecular weight excluding hydrogens is 354 g/mol. The summed E-state index contributed by atoms with van der Waals surface area (Å²) in [6.45, 7) is 3.46. The number of nitrogens with zero attached hydrogens (tertiary/aromatic N) is 2. The fourth-order valence-electron chi connectivity index (χ4n) is 2.08. The number of benzene rings is 1. The van der Waals surface area contributed by atoms with Gasteiger partial charge in [0.15, 0.2) is 0 Å². The molecule has 0 radical (unpaired) electrons. The van der Waals surface area contributed by atoms with Gasteiger partial charge in [0.05, 0.1) is 32.5 Å². The lowest BCUT2D eigenvalue weighted by Crippen LogP contribution is -2.39. The van der Waals surface area contributed by atoms with E-state index in [0.717, 1.165) is 0 Å². The third-order valence-electron chi connectivity index (χ3n) is 3.40. The monoisotopic (exact) mass is 375 g/mol. The Bertz CT molecular complexity index is 789. The number of carbonyl (C=O) groups is 2. The standard InChI is InChI=1S/C18H21N3O6/c1-5-26-17(23)11(2)19-16(22)12-8-6-7-9-13(12)27-18-20-14(24-3)10-15(21-18)25-4/h6-11H,5H2,1-4H3,(H,19,22). The highest BCUT2D eigenvalue weighted by Gasteiger charge is 2.20. The van der Waals surface area contributed by atoms with Crippen LogP contribution in [0.4, 0.5) is 0 Å². The molecule has 1 aromatic heterocycles.